The average molecular weight is 938 g/mol. The summed E-state index contributed by atoms with van der Waals surface area (Å²) in [5.41, 5.74) is 0.572. The van der Waals surface area contributed by atoms with Crippen molar-refractivity contribution < 1.29 is 19.8 Å². The first-order valence-electron chi connectivity index (χ1n) is 22.6. The summed E-state index contributed by atoms with van der Waals surface area (Å²) in [6.07, 6.45) is 7.35. The maximum absolute atomic E-state index is 10.8. The number of likely N-dealkylation sites (tertiary alicyclic amines) is 3. The van der Waals surface area contributed by atoms with Gasteiger partial charge in [-0.1, -0.05) is 95.0 Å². The number of aromatic amines is 2. The SMILES string of the molecule is C.C.C.CC(C)(C)N1CCC[C@H]1C(=O)O.CC(C)(C)c1nn[nH]n1.CC(C)(C)c1nn[nH]n1.CC(C)(C)c1nnn(CC(=O)O)n1.CC1CCCN1C(C)(C)C.C[C@H]1CCCN1C(C)(C)C. The summed E-state index contributed by atoms with van der Waals surface area (Å²) in [5.74, 6) is 0.402. The average Bonchev–Trinajstić information content (AvgIpc) is 3.94. The number of rotatable bonds is 3. The number of carbonyl (C=O) groups is 2. The van der Waals surface area contributed by atoms with Crippen LogP contribution in [0, 0.1) is 0 Å². The smallest absolute Gasteiger partial charge is 0.327 e. The van der Waals surface area contributed by atoms with Gasteiger partial charge in [-0.15, -0.1) is 30.6 Å². The van der Waals surface area contributed by atoms with Crippen LogP contribution in [0.3, 0.4) is 0 Å². The van der Waals surface area contributed by atoms with Crippen molar-refractivity contribution in [2.45, 2.75) is 257 Å². The lowest BCUT2D eigenvalue weighted by molar-refractivity contribution is -0.144. The number of aliphatic carboxylic acids is 2. The van der Waals surface area contributed by atoms with E-state index in [1.165, 1.54) is 38.8 Å². The maximum Gasteiger partial charge on any atom is 0.327 e. The number of aromatic nitrogens is 12. The monoisotopic (exact) mass is 938 g/mol. The van der Waals surface area contributed by atoms with Crippen molar-refractivity contribution in [1.82, 2.24) is 76.2 Å². The van der Waals surface area contributed by atoms with E-state index >= 15 is 0 Å². The third-order valence-corrected chi connectivity index (χ3v) is 10.7. The molecule has 3 fully saturated rings. The molecule has 6 rings (SSSR count). The van der Waals surface area contributed by atoms with Gasteiger partial charge in [0.05, 0.1) is 0 Å². The fourth-order valence-electron chi connectivity index (χ4n) is 7.38. The first-order valence-corrected chi connectivity index (χ1v) is 22.6. The van der Waals surface area contributed by atoms with Crippen LogP contribution in [0.25, 0.3) is 0 Å². The molecule has 3 saturated heterocycles. The van der Waals surface area contributed by atoms with Gasteiger partial charge in [0.2, 0.25) is 0 Å². The molecule has 0 amide bonds. The molecule has 3 aromatic heterocycles. The molecule has 19 nitrogen and oxygen atoms in total. The molecule has 3 aliphatic rings. The lowest BCUT2D eigenvalue weighted by Gasteiger charge is -2.35. The summed E-state index contributed by atoms with van der Waals surface area (Å²) >= 11 is 0. The highest BCUT2D eigenvalue weighted by atomic mass is 16.4. The standard InChI is InChI=1S/C9H17NO2.2C9H19N.C7H12N4O2.2C5H10N4.3CH4/c1-9(2,3)10-6-4-5-7(10)8(11)12;2*1-8-6-5-7-10(8)9(2,3)4;1-7(2,3)6-8-10-11(9-6)4-5(12)13;2*1-5(2,3)4-6-8-9-7-4;;;/h7H,4-6H2,1-3H3,(H,11,12);2*8H,5-7H2,1-4H3;4H2,1-3H3,(H,12,13);2*1-3H3,(H,6,7,8,9);3*1H4/t7-;8-;;;;;;;/m00......./s1. The van der Waals surface area contributed by atoms with Crippen molar-refractivity contribution in [3.63, 3.8) is 0 Å². The maximum atomic E-state index is 10.8. The van der Waals surface area contributed by atoms with E-state index in [1.807, 2.05) is 62.3 Å². The molecule has 0 saturated carbocycles. The number of hydrogen-bond donors (Lipinski definition) is 4. The third kappa shape index (κ3) is 24.2. The van der Waals surface area contributed by atoms with E-state index in [9.17, 15) is 9.59 Å². The van der Waals surface area contributed by atoms with Crippen LogP contribution in [0.15, 0.2) is 0 Å². The lowest BCUT2D eigenvalue weighted by atomic mass is 9.96. The normalized spacial score (nSPS) is 19.2. The van der Waals surface area contributed by atoms with Gasteiger partial charge in [-0.25, -0.2) is 0 Å². The fourth-order valence-corrected chi connectivity index (χ4v) is 7.38. The van der Waals surface area contributed by atoms with E-state index in [0.29, 0.717) is 16.9 Å². The van der Waals surface area contributed by atoms with Gasteiger partial charge in [-0.3, -0.25) is 24.3 Å². The Hall–Kier alpha value is -3.97. The Morgan fingerprint density at radius 1 is 0.545 bits per heavy atom. The molecule has 0 radical (unpaired) electrons. The summed E-state index contributed by atoms with van der Waals surface area (Å²) in [6.45, 7) is 46.0. The minimum Gasteiger partial charge on any atom is -0.480 e. The molecule has 19 heteroatoms. The fraction of sp³-hybridized carbons (Fsp3) is 0.894. The van der Waals surface area contributed by atoms with Gasteiger partial charge >= 0.3 is 11.9 Å². The Morgan fingerprint density at radius 2 is 0.894 bits per heavy atom. The predicted octanol–water partition coefficient (Wildman–Crippen LogP) is 8.83. The third-order valence-electron chi connectivity index (χ3n) is 10.7. The number of carboxylic acid groups (broad SMARTS) is 2. The highest BCUT2D eigenvalue weighted by Crippen LogP contribution is 2.28. The van der Waals surface area contributed by atoms with E-state index < -0.39 is 11.9 Å². The number of carboxylic acids is 2. The van der Waals surface area contributed by atoms with Crippen molar-refractivity contribution in [3.8, 4) is 0 Å². The zero-order valence-corrected chi connectivity index (χ0v) is 42.8. The predicted molar refractivity (Wildman–Crippen MR) is 268 cm³/mol. The first kappa shape index (κ1) is 66.3. The molecule has 3 aromatic rings. The highest BCUT2D eigenvalue weighted by Gasteiger charge is 2.37. The summed E-state index contributed by atoms with van der Waals surface area (Å²) < 4.78 is 0. The van der Waals surface area contributed by atoms with Crippen LogP contribution < -0.4 is 0 Å². The Morgan fingerprint density at radius 3 is 1.09 bits per heavy atom. The quantitative estimate of drug-likeness (QED) is 0.192. The van der Waals surface area contributed by atoms with E-state index in [2.05, 4.69) is 148 Å². The van der Waals surface area contributed by atoms with Crippen molar-refractivity contribution in [3.05, 3.63) is 17.5 Å². The van der Waals surface area contributed by atoms with E-state index in [0.717, 1.165) is 47.9 Å². The minimum atomic E-state index is -0.974. The lowest BCUT2D eigenvalue weighted by Crippen LogP contribution is -2.47. The van der Waals surface area contributed by atoms with Crippen molar-refractivity contribution in [2.24, 2.45) is 0 Å². The first-order chi connectivity index (χ1) is 28.6. The number of tetrazole rings is 3. The highest BCUT2D eigenvalue weighted by molar-refractivity contribution is 5.74. The minimum absolute atomic E-state index is 0. The van der Waals surface area contributed by atoms with Gasteiger partial charge < -0.3 is 10.2 Å². The van der Waals surface area contributed by atoms with Gasteiger partial charge in [-0.05, 0) is 140 Å². The second-order valence-electron chi connectivity index (χ2n) is 22.8. The zero-order valence-electron chi connectivity index (χ0n) is 42.8. The molecule has 6 heterocycles. The molecule has 66 heavy (non-hydrogen) atoms. The van der Waals surface area contributed by atoms with Gasteiger partial charge in [-0.2, -0.15) is 15.2 Å². The molecular weight excluding hydrogens is 839 g/mol. The molecule has 0 bridgehead atoms. The van der Waals surface area contributed by atoms with Crippen molar-refractivity contribution in [2.75, 3.05) is 19.6 Å². The van der Waals surface area contributed by atoms with Crippen LogP contribution in [-0.2, 0) is 32.4 Å². The molecule has 3 atom stereocenters. The molecular formula is C47H99N15O4. The summed E-state index contributed by atoms with van der Waals surface area (Å²) in [4.78, 5) is 29.4. The Labute approximate surface area is 400 Å². The van der Waals surface area contributed by atoms with E-state index in [1.54, 1.807) is 0 Å². The molecule has 1 unspecified atom stereocenters. The van der Waals surface area contributed by atoms with E-state index in [-0.39, 0.29) is 56.7 Å². The molecule has 0 aromatic carbocycles. The number of H-pyrrole nitrogens is 2. The van der Waals surface area contributed by atoms with Crippen LogP contribution in [0.4, 0.5) is 0 Å². The molecule has 0 aliphatic carbocycles. The summed E-state index contributed by atoms with van der Waals surface area (Å²) in [5, 5.41) is 55.7. The largest absolute Gasteiger partial charge is 0.480 e. The van der Waals surface area contributed by atoms with Crippen molar-refractivity contribution >= 4 is 11.9 Å². The zero-order chi connectivity index (χ0) is 48.8. The van der Waals surface area contributed by atoms with Gasteiger partial charge in [0.1, 0.15) is 6.04 Å². The van der Waals surface area contributed by atoms with Gasteiger partial charge in [0.15, 0.2) is 24.0 Å². The Bertz CT molecular complexity index is 1650. The van der Waals surface area contributed by atoms with Gasteiger partial charge in [0.25, 0.3) is 0 Å². The Balaban J connectivity index is -0.000000718. The van der Waals surface area contributed by atoms with Crippen LogP contribution in [0.2, 0.25) is 0 Å². The van der Waals surface area contributed by atoms with Crippen molar-refractivity contribution in [1.29, 1.82) is 0 Å². The molecule has 4 N–H and O–H groups in total. The topological polar surface area (TPSA) is 237 Å². The van der Waals surface area contributed by atoms with Crippen LogP contribution in [0.5, 0.6) is 0 Å². The number of nitrogens with zero attached hydrogens (tertiary/aromatic N) is 13. The second kappa shape index (κ2) is 27.7. The van der Waals surface area contributed by atoms with Crippen LogP contribution in [0.1, 0.15) is 217 Å². The molecule has 3 aliphatic heterocycles. The summed E-state index contributed by atoms with van der Waals surface area (Å²) in [7, 11) is 0. The molecule has 0 spiro atoms. The number of hydrogen-bond acceptors (Lipinski definition) is 14. The van der Waals surface area contributed by atoms with E-state index in [4.69, 9.17) is 10.2 Å². The number of nitrogens with one attached hydrogen (secondary N) is 2. The second-order valence-corrected chi connectivity index (χ2v) is 22.8. The Kier molecular flexibility index (Phi) is 27.9. The summed E-state index contributed by atoms with van der Waals surface area (Å²) in [6, 6.07) is 1.35. The van der Waals surface area contributed by atoms with Crippen LogP contribution in [-0.4, -0.2) is 153 Å². The van der Waals surface area contributed by atoms with Crippen LogP contribution >= 0.6 is 0 Å². The van der Waals surface area contributed by atoms with Gasteiger partial charge in [0, 0.05) is 44.9 Å². The molecule has 386 valence electrons.